The van der Waals surface area contributed by atoms with Crippen molar-refractivity contribution in [2.24, 2.45) is 11.8 Å². The Hall–Kier alpha value is -0.0900. The van der Waals surface area contributed by atoms with Gasteiger partial charge >= 0.3 is 0 Å². The molecule has 2 fully saturated rings. The fourth-order valence-electron chi connectivity index (χ4n) is 2.79. The fourth-order valence-corrected chi connectivity index (χ4v) is 3.40. The average molecular weight is 304 g/mol. The lowest BCUT2D eigenvalue weighted by atomic mass is 9.94. The van der Waals surface area contributed by atoms with Gasteiger partial charge in [0.05, 0.1) is 12.0 Å². The number of hydrogen-bond donors (Lipinski definition) is 0. The van der Waals surface area contributed by atoms with E-state index in [4.69, 9.17) is 4.74 Å². The van der Waals surface area contributed by atoms with Crippen molar-refractivity contribution in [3.63, 3.8) is 0 Å². The quantitative estimate of drug-likeness (QED) is 0.733. The molecular formula is C13H22BrNO2. The van der Waals surface area contributed by atoms with Crippen molar-refractivity contribution in [1.29, 1.82) is 0 Å². The molecule has 2 aliphatic rings. The van der Waals surface area contributed by atoms with E-state index in [9.17, 15) is 4.79 Å². The number of carbonyl (C=O) groups excluding carboxylic acids is 1. The Morgan fingerprint density at radius 2 is 2.24 bits per heavy atom. The van der Waals surface area contributed by atoms with E-state index in [2.05, 4.69) is 29.8 Å². The summed E-state index contributed by atoms with van der Waals surface area (Å²) in [5.41, 5.74) is 0. The van der Waals surface area contributed by atoms with E-state index in [0.29, 0.717) is 16.7 Å². The van der Waals surface area contributed by atoms with Gasteiger partial charge < -0.3 is 9.64 Å². The monoisotopic (exact) mass is 303 g/mol. The number of piperidine rings is 1. The number of amides is 1. The Balaban J connectivity index is 1.95. The minimum absolute atomic E-state index is 0.105. The van der Waals surface area contributed by atoms with Crippen LogP contribution in [0.3, 0.4) is 0 Å². The molecule has 4 atom stereocenters. The van der Waals surface area contributed by atoms with Crippen molar-refractivity contribution in [2.75, 3.05) is 19.7 Å². The van der Waals surface area contributed by atoms with E-state index >= 15 is 0 Å². The van der Waals surface area contributed by atoms with E-state index in [1.807, 2.05) is 4.90 Å². The van der Waals surface area contributed by atoms with Gasteiger partial charge in [0.1, 0.15) is 0 Å². The molecule has 2 rings (SSSR count). The number of likely N-dealkylation sites (tertiary alicyclic amines) is 1. The molecule has 0 spiro atoms. The molecule has 0 saturated carbocycles. The van der Waals surface area contributed by atoms with E-state index in [1.54, 1.807) is 0 Å². The van der Waals surface area contributed by atoms with E-state index in [-0.39, 0.29) is 12.0 Å². The Morgan fingerprint density at radius 1 is 1.47 bits per heavy atom. The Kier molecular flexibility index (Phi) is 4.47. The van der Waals surface area contributed by atoms with Crippen molar-refractivity contribution in [1.82, 2.24) is 4.90 Å². The number of alkyl halides is 1. The zero-order valence-electron chi connectivity index (χ0n) is 10.7. The van der Waals surface area contributed by atoms with Gasteiger partial charge in [-0.1, -0.05) is 29.8 Å². The maximum atomic E-state index is 12.4. The Morgan fingerprint density at radius 3 is 2.88 bits per heavy atom. The summed E-state index contributed by atoms with van der Waals surface area (Å²) in [6.07, 6.45) is 3.09. The standard InChI is InChI=1S/C13H22BrNO2/c1-3-12-10(5-7-17-12)13(16)15-6-4-9(2)11(14)8-15/h9-12H,3-8H2,1-2H3. The molecule has 17 heavy (non-hydrogen) atoms. The van der Waals surface area contributed by atoms with Gasteiger partial charge in [0.25, 0.3) is 0 Å². The Labute approximate surface area is 112 Å². The number of ether oxygens (including phenoxy) is 1. The summed E-state index contributed by atoms with van der Waals surface area (Å²) in [5.74, 6) is 1.08. The summed E-state index contributed by atoms with van der Waals surface area (Å²) in [4.78, 5) is 14.9. The van der Waals surface area contributed by atoms with Gasteiger partial charge in [0.15, 0.2) is 0 Å². The van der Waals surface area contributed by atoms with Crippen LogP contribution in [0.2, 0.25) is 0 Å². The third kappa shape index (κ3) is 2.84. The lowest BCUT2D eigenvalue weighted by Gasteiger charge is -2.36. The molecule has 0 aromatic rings. The molecule has 4 unspecified atom stereocenters. The van der Waals surface area contributed by atoms with Crippen molar-refractivity contribution in [3.05, 3.63) is 0 Å². The minimum Gasteiger partial charge on any atom is -0.377 e. The van der Waals surface area contributed by atoms with Crippen LogP contribution in [0.5, 0.6) is 0 Å². The predicted molar refractivity (Wildman–Crippen MR) is 71.2 cm³/mol. The second-order valence-electron chi connectivity index (χ2n) is 5.28. The summed E-state index contributed by atoms with van der Waals surface area (Å²) in [5, 5.41) is 0. The summed E-state index contributed by atoms with van der Waals surface area (Å²) in [6, 6.07) is 0. The highest BCUT2D eigenvalue weighted by Crippen LogP contribution is 2.29. The molecule has 3 nitrogen and oxygen atoms in total. The fraction of sp³-hybridized carbons (Fsp3) is 0.923. The third-order valence-electron chi connectivity index (χ3n) is 4.11. The predicted octanol–water partition coefficient (Wildman–Crippen LogP) is 2.43. The molecule has 2 saturated heterocycles. The lowest BCUT2D eigenvalue weighted by Crippen LogP contribution is -2.47. The summed E-state index contributed by atoms with van der Waals surface area (Å²) >= 11 is 3.68. The first-order valence-corrected chi connectivity index (χ1v) is 7.59. The van der Waals surface area contributed by atoms with Gasteiger partial charge in [0.2, 0.25) is 5.91 Å². The first-order chi connectivity index (χ1) is 8.13. The number of nitrogens with zero attached hydrogens (tertiary/aromatic N) is 1. The maximum Gasteiger partial charge on any atom is 0.228 e. The first-order valence-electron chi connectivity index (χ1n) is 6.68. The second-order valence-corrected chi connectivity index (χ2v) is 6.46. The average Bonchev–Trinajstić information content (AvgIpc) is 2.80. The maximum absolute atomic E-state index is 12.4. The van der Waals surface area contributed by atoms with Gasteiger partial charge in [-0.3, -0.25) is 4.79 Å². The van der Waals surface area contributed by atoms with Crippen LogP contribution in [0.4, 0.5) is 0 Å². The number of halogens is 1. The number of rotatable bonds is 2. The SMILES string of the molecule is CCC1OCCC1C(=O)N1CCC(C)C(Br)C1. The highest BCUT2D eigenvalue weighted by Gasteiger charge is 2.37. The van der Waals surface area contributed by atoms with Crippen LogP contribution in [0.1, 0.15) is 33.1 Å². The first kappa shape index (κ1) is 13.3. The topological polar surface area (TPSA) is 29.5 Å². The summed E-state index contributed by atoms with van der Waals surface area (Å²) in [6.45, 7) is 6.86. The Bertz CT molecular complexity index is 285. The molecule has 4 heteroatoms. The van der Waals surface area contributed by atoms with Crippen molar-refractivity contribution in [2.45, 2.75) is 44.0 Å². The molecule has 0 radical (unpaired) electrons. The van der Waals surface area contributed by atoms with Crippen LogP contribution in [0.25, 0.3) is 0 Å². The van der Waals surface area contributed by atoms with Crippen LogP contribution >= 0.6 is 15.9 Å². The smallest absolute Gasteiger partial charge is 0.228 e. The minimum atomic E-state index is 0.105. The van der Waals surface area contributed by atoms with Crippen molar-refractivity contribution < 1.29 is 9.53 Å². The summed E-state index contributed by atoms with van der Waals surface area (Å²) < 4.78 is 5.62. The molecule has 0 bridgehead atoms. The van der Waals surface area contributed by atoms with Gasteiger partial charge in [0, 0.05) is 24.5 Å². The van der Waals surface area contributed by atoms with Crippen LogP contribution in [0.15, 0.2) is 0 Å². The lowest BCUT2D eigenvalue weighted by molar-refractivity contribution is -0.138. The molecule has 1 amide bonds. The molecular weight excluding hydrogens is 282 g/mol. The van der Waals surface area contributed by atoms with Gasteiger partial charge in [-0.15, -0.1) is 0 Å². The van der Waals surface area contributed by atoms with E-state index < -0.39 is 0 Å². The van der Waals surface area contributed by atoms with Crippen LogP contribution in [-0.2, 0) is 9.53 Å². The van der Waals surface area contributed by atoms with Gasteiger partial charge in [-0.25, -0.2) is 0 Å². The normalized spacial score (nSPS) is 38.4. The molecule has 0 aromatic heterocycles. The van der Waals surface area contributed by atoms with E-state index in [1.165, 1.54) is 0 Å². The molecule has 2 heterocycles. The number of hydrogen-bond acceptors (Lipinski definition) is 2. The largest absolute Gasteiger partial charge is 0.377 e. The van der Waals surface area contributed by atoms with Crippen LogP contribution in [-0.4, -0.2) is 41.4 Å². The van der Waals surface area contributed by atoms with E-state index in [0.717, 1.165) is 39.0 Å². The second kappa shape index (κ2) is 5.70. The highest BCUT2D eigenvalue weighted by molar-refractivity contribution is 9.09. The van der Waals surface area contributed by atoms with Crippen molar-refractivity contribution >= 4 is 21.8 Å². The zero-order valence-corrected chi connectivity index (χ0v) is 12.3. The third-order valence-corrected chi connectivity index (χ3v) is 5.30. The molecule has 0 aliphatic carbocycles. The zero-order chi connectivity index (χ0) is 12.4. The number of carbonyl (C=O) groups is 1. The molecule has 0 aromatic carbocycles. The molecule has 2 aliphatic heterocycles. The van der Waals surface area contributed by atoms with Crippen LogP contribution < -0.4 is 0 Å². The van der Waals surface area contributed by atoms with Crippen molar-refractivity contribution in [3.8, 4) is 0 Å². The van der Waals surface area contributed by atoms with Gasteiger partial charge in [-0.2, -0.15) is 0 Å². The van der Waals surface area contributed by atoms with Crippen LogP contribution in [0, 0.1) is 11.8 Å². The molecule has 0 N–H and O–H groups in total. The summed E-state index contributed by atoms with van der Waals surface area (Å²) in [7, 11) is 0. The highest BCUT2D eigenvalue weighted by atomic mass is 79.9. The van der Waals surface area contributed by atoms with Gasteiger partial charge in [-0.05, 0) is 25.2 Å². The molecule has 98 valence electrons.